The fourth-order valence-electron chi connectivity index (χ4n) is 0.733. The minimum atomic E-state index is -1.43. The van der Waals surface area contributed by atoms with Gasteiger partial charge in [-0.05, 0) is 26.7 Å². The van der Waals surface area contributed by atoms with Crippen molar-refractivity contribution in [1.82, 2.24) is 0 Å². The monoisotopic (exact) mass is 204 g/mol. The summed E-state index contributed by atoms with van der Waals surface area (Å²) in [6, 6.07) is 0. The molecule has 0 rings (SSSR count). The molecule has 0 aliphatic heterocycles. The van der Waals surface area contributed by atoms with Crippen LogP contribution in [0.3, 0.4) is 0 Å². The van der Waals surface area contributed by atoms with E-state index in [1.807, 2.05) is 0 Å². The molecule has 0 aliphatic carbocycles. The molecule has 82 valence electrons. The number of hydrogen-bond acceptors (Lipinski definition) is 4. The van der Waals surface area contributed by atoms with Gasteiger partial charge in [-0.1, -0.05) is 0 Å². The molecule has 6 N–H and O–H groups in total. The summed E-state index contributed by atoms with van der Waals surface area (Å²) in [7, 11) is 0. The molecule has 6 nitrogen and oxygen atoms in total. The zero-order chi connectivity index (χ0) is 11.6. The minimum Gasteiger partial charge on any atom is -0.480 e. The first kappa shape index (κ1) is 12.9. The second-order valence-electron chi connectivity index (χ2n) is 3.95. The van der Waals surface area contributed by atoms with Gasteiger partial charge in [0.2, 0.25) is 0 Å². The third-order valence-electron chi connectivity index (χ3n) is 2.14. The molecule has 6 heteroatoms. The Morgan fingerprint density at radius 2 is 1.21 bits per heavy atom. The Labute approximate surface area is 81.9 Å². The van der Waals surface area contributed by atoms with E-state index in [1.54, 1.807) is 0 Å². The Morgan fingerprint density at radius 3 is 1.36 bits per heavy atom. The highest BCUT2D eigenvalue weighted by Crippen LogP contribution is 2.16. The molecule has 0 unspecified atom stereocenters. The number of carboxylic acid groups (broad SMARTS) is 2. The topological polar surface area (TPSA) is 127 Å². The Balaban J connectivity index is 4.32. The van der Waals surface area contributed by atoms with Gasteiger partial charge in [0.1, 0.15) is 11.1 Å². The summed E-state index contributed by atoms with van der Waals surface area (Å²) in [6.07, 6.45) is 0.0310. The van der Waals surface area contributed by atoms with Gasteiger partial charge in [0, 0.05) is 0 Å². The standard InChI is InChI=1S/C8H16N2O4/c1-7(9,5(11)12)3-4-8(2,10)6(13)14/h3-4,9-10H2,1-2H3,(H,11,12)(H,13,14)/t7-,8-/m0/s1. The normalized spacial score (nSPS) is 19.4. The quantitative estimate of drug-likeness (QED) is 0.472. The molecule has 0 aromatic carbocycles. The maximum atomic E-state index is 10.6. The molecule has 0 bridgehead atoms. The lowest BCUT2D eigenvalue weighted by Crippen LogP contribution is -2.50. The van der Waals surface area contributed by atoms with Crippen LogP contribution in [0.5, 0.6) is 0 Å². The number of rotatable bonds is 5. The summed E-state index contributed by atoms with van der Waals surface area (Å²) in [6.45, 7) is 2.65. The van der Waals surface area contributed by atoms with Gasteiger partial charge in [-0.15, -0.1) is 0 Å². The number of carbonyl (C=O) groups is 2. The fraction of sp³-hybridized carbons (Fsp3) is 0.750. The van der Waals surface area contributed by atoms with Crippen LogP contribution in [0.2, 0.25) is 0 Å². The average molecular weight is 204 g/mol. The summed E-state index contributed by atoms with van der Waals surface area (Å²) >= 11 is 0. The van der Waals surface area contributed by atoms with Crippen molar-refractivity contribution in [1.29, 1.82) is 0 Å². The van der Waals surface area contributed by atoms with Crippen LogP contribution in [0.4, 0.5) is 0 Å². The van der Waals surface area contributed by atoms with Crippen LogP contribution in [-0.2, 0) is 9.59 Å². The Kier molecular flexibility index (Phi) is 3.61. The molecular weight excluding hydrogens is 188 g/mol. The first-order valence-electron chi connectivity index (χ1n) is 4.14. The predicted octanol–water partition coefficient (Wildman–Crippen LogP) is -0.629. The summed E-state index contributed by atoms with van der Waals surface area (Å²) < 4.78 is 0. The second kappa shape index (κ2) is 3.93. The SMILES string of the molecule is C[C@](N)(CC[C@](C)(N)C(=O)O)C(=O)O. The highest BCUT2D eigenvalue weighted by atomic mass is 16.4. The van der Waals surface area contributed by atoms with E-state index in [0.717, 1.165) is 0 Å². The molecule has 2 atom stereocenters. The Hall–Kier alpha value is -1.14. The van der Waals surface area contributed by atoms with E-state index < -0.39 is 23.0 Å². The van der Waals surface area contributed by atoms with Gasteiger partial charge >= 0.3 is 11.9 Å². The van der Waals surface area contributed by atoms with E-state index in [4.69, 9.17) is 21.7 Å². The smallest absolute Gasteiger partial charge is 0.323 e. The van der Waals surface area contributed by atoms with Crippen LogP contribution in [0.25, 0.3) is 0 Å². The predicted molar refractivity (Wildman–Crippen MR) is 49.7 cm³/mol. The Bertz CT molecular complexity index is 222. The largest absolute Gasteiger partial charge is 0.480 e. The lowest BCUT2D eigenvalue weighted by atomic mass is 9.88. The molecule has 0 aromatic heterocycles. The fourth-order valence-corrected chi connectivity index (χ4v) is 0.733. The van der Waals surface area contributed by atoms with E-state index in [9.17, 15) is 9.59 Å². The van der Waals surface area contributed by atoms with Gasteiger partial charge in [0.15, 0.2) is 0 Å². The summed E-state index contributed by atoms with van der Waals surface area (Å²) in [4.78, 5) is 21.2. The van der Waals surface area contributed by atoms with E-state index in [-0.39, 0.29) is 12.8 Å². The highest BCUT2D eigenvalue weighted by molar-refractivity contribution is 5.79. The van der Waals surface area contributed by atoms with Crippen molar-refractivity contribution in [3.63, 3.8) is 0 Å². The zero-order valence-corrected chi connectivity index (χ0v) is 8.28. The summed E-state index contributed by atoms with van der Waals surface area (Å²) in [5, 5.41) is 17.3. The maximum absolute atomic E-state index is 10.6. The van der Waals surface area contributed by atoms with E-state index in [0.29, 0.717) is 0 Å². The van der Waals surface area contributed by atoms with Crippen molar-refractivity contribution in [2.24, 2.45) is 11.5 Å². The molecule has 0 saturated carbocycles. The molecule has 0 saturated heterocycles. The molecule has 0 heterocycles. The highest BCUT2D eigenvalue weighted by Gasteiger charge is 2.34. The van der Waals surface area contributed by atoms with Gasteiger partial charge in [-0.25, -0.2) is 0 Å². The number of hydrogen-bond donors (Lipinski definition) is 4. The minimum absolute atomic E-state index is 0.0155. The zero-order valence-electron chi connectivity index (χ0n) is 8.28. The van der Waals surface area contributed by atoms with Crippen LogP contribution in [0, 0.1) is 0 Å². The van der Waals surface area contributed by atoms with Crippen LogP contribution in [0.15, 0.2) is 0 Å². The van der Waals surface area contributed by atoms with Gasteiger partial charge in [-0.3, -0.25) is 9.59 Å². The second-order valence-corrected chi connectivity index (χ2v) is 3.95. The molecule has 0 aromatic rings. The molecule has 0 fully saturated rings. The third kappa shape index (κ3) is 3.31. The van der Waals surface area contributed by atoms with Crippen molar-refractivity contribution < 1.29 is 19.8 Å². The maximum Gasteiger partial charge on any atom is 0.323 e. The Morgan fingerprint density at radius 1 is 1.00 bits per heavy atom. The first-order valence-corrected chi connectivity index (χ1v) is 4.14. The molecule has 0 radical (unpaired) electrons. The van der Waals surface area contributed by atoms with Crippen LogP contribution in [-0.4, -0.2) is 33.2 Å². The van der Waals surface area contributed by atoms with E-state index in [1.165, 1.54) is 13.8 Å². The number of nitrogens with two attached hydrogens (primary N) is 2. The molecule has 0 amide bonds. The molecule has 0 spiro atoms. The molecule has 14 heavy (non-hydrogen) atoms. The van der Waals surface area contributed by atoms with E-state index >= 15 is 0 Å². The number of carboxylic acids is 2. The van der Waals surface area contributed by atoms with Crippen molar-refractivity contribution in [2.75, 3.05) is 0 Å². The van der Waals surface area contributed by atoms with Crippen molar-refractivity contribution in [3.05, 3.63) is 0 Å². The van der Waals surface area contributed by atoms with Gasteiger partial charge in [0.05, 0.1) is 0 Å². The lowest BCUT2D eigenvalue weighted by molar-refractivity contribution is -0.146. The average Bonchev–Trinajstić information content (AvgIpc) is 2.01. The first-order chi connectivity index (χ1) is 6.09. The van der Waals surface area contributed by atoms with Crippen molar-refractivity contribution >= 4 is 11.9 Å². The number of aliphatic carboxylic acids is 2. The lowest BCUT2D eigenvalue weighted by Gasteiger charge is -2.25. The van der Waals surface area contributed by atoms with Crippen molar-refractivity contribution in [2.45, 2.75) is 37.8 Å². The van der Waals surface area contributed by atoms with Crippen LogP contribution in [0.1, 0.15) is 26.7 Å². The van der Waals surface area contributed by atoms with Crippen LogP contribution < -0.4 is 11.5 Å². The van der Waals surface area contributed by atoms with Crippen molar-refractivity contribution in [3.8, 4) is 0 Å². The summed E-state index contributed by atoms with van der Waals surface area (Å²) in [5.41, 5.74) is 7.97. The molecular formula is C8H16N2O4. The van der Waals surface area contributed by atoms with Crippen LogP contribution >= 0.6 is 0 Å². The summed E-state index contributed by atoms with van der Waals surface area (Å²) in [5.74, 6) is -2.34. The third-order valence-corrected chi connectivity index (χ3v) is 2.14. The van der Waals surface area contributed by atoms with Gasteiger partial charge in [-0.2, -0.15) is 0 Å². The van der Waals surface area contributed by atoms with Gasteiger partial charge in [0.25, 0.3) is 0 Å². The molecule has 0 aliphatic rings. The van der Waals surface area contributed by atoms with E-state index in [2.05, 4.69) is 0 Å². The van der Waals surface area contributed by atoms with Gasteiger partial charge < -0.3 is 21.7 Å².